The van der Waals surface area contributed by atoms with Crippen molar-refractivity contribution in [2.24, 2.45) is 11.3 Å². The lowest BCUT2D eigenvalue weighted by molar-refractivity contribution is -0.115. The maximum absolute atomic E-state index is 14.8. The van der Waals surface area contributed by atoms with Crippen molar-refractivity contribution < 1.29 is 27.0 Å². The quantitative estimate of drug-likeness (QED) is 0.149. The largest absolute Gasteiger partial charge is 0.351 e. The van der Waals surface area contributed by atoms with E-state index in [-0.39, 0.29) is 30.5 Å². The molecule has 7 nitrogen and oxygen atoms in total. The Morgan fingerprint density at radius 1 is 0.922 bits per heavy atom. The van der Waals surface area contributed by atoms with Gasteiger partial charge in [0.05, 0.1) is 17.9 Å². The van der Waals surface area contributed by atoms with E-state index in [9.17, 15) is 22.4 Å². The fourth-order valence-corrected chi connectivity index (χ4v) is 6.52. The summed E-state index contributed by atoms with van der Waals surface area (Å²) in [5.41, 5.74) is 8.16. The summed E-state index contributed by atoms with van der Waals surface area (Å²) in [5.74, 6) is -0.817. The molecule has 0 aliphatic heterocycles. The molecule has 0 heterocycles. The Hall–Kier alpha value is -4.31. The molecule has 0 spiro atoms. The zero-order valence-corrected chi connectivity index (χ0v) is 31.3. The second kappa shape index (κ2) is 17.3. The molecule has 0 aromatic heterocycles. The molecule has 5 rings (SSSR count). The third-order valence-electron chi connectivity index (χ3n) is 9.03. The summed E-state index contributed by atoms with van der Waals surface area (Å²) in [7, 11) is -4.02. The molecular formula is C41H46ClFN2O5S. The number of amides is 2. The van der Waals surface area contributed by atoms with Gasteiger partial charge in [0.25, 0.3) is 16.0 Å². The number of hydrogen-bond acceptors (Lipinski definition) is 4. The standard InChI is InChI=1S/C31H33ClFNO.C10H13NO4S/c1-20-17-26(32)14-15-27(20)24-11-16-29(28(33)19-24)34-30(35)18-21-5-7-22(8-6-21)23-9-12-25(13-10-23)31(2,3)4;1-8-2-4-9(5-3-8)10(12)11-6-7-16(13,14)15/h5-9,11,14-17,19,25H,10,12-13,18H2,1-4H3,(H,34,35);2-5H,6-7H2,1H3,(H,11,12)(H,13,14,15). The van der Waals surface area contributed by atoms with E-state index in [0.717, 1.165) is 46.6 Å². The van der Waals surface area contributed by atoms with E-state index in [1.807, 2.05) is 44.2 Å². The summed E-state index contributed by atoms with van der Waals surface area (Å²) in [5, 5.41) is 5.75. The van der Waals surface area contributed by atoms with Crippen molar-refractivity contribution in [1.82, 2.24) is 5.32 Å². The lowest BCUT2D eigenvalue weighted by Gasteiger charge is -2.33. The zero-order valence-electron chi connectivity index (χ0n) is 29.7. The highest BCUT2D eigenvalue weighted by molar-refractivity contribution is 7.85. The fraction of sp³-hybridized carbons (Fsp3) is 0.317. The van der Waals surface area contributed by atoms with E-state index in [4.69, 9.17) is 16.2 Å². The Morgan fingerprint density at radius 3 is 2.16 bits per heavy atom. The van der Waals surface area contributed by atoms with E-state index >= 15 is 0 Å². The number of hydrogen-bond donors (Lipinski definition) is 3. The van der Waals surface area contributed by atoms with Crippen molar-refractivity contribution in [3.63, 3.8) is 0 Å². The average Bonchev–Trinajstić information content (AvgIpc) is 3.06. The molecule has 2 amide bonds. The second-order valence-electron chi connectivity index (χ2n) is 14.1. The Labute approximate surface area is 306 Å². The van der Waals surface area contributed by atoms with Crippen LogP contribution in [0.25, 0.3) is 16.7 Å². The first kappa shape index (κ1) is 39.5. The van der Waals surface area contributed by atoms with Gasteiger partial charge < -0.3 is 10.6 Å². The molecule has 4 aromatic rings. The van der Waals surface area contributed by atoms with E-state index in [0.29, 0.717) is 16.0 Å². The van der Waals surface area contributed by atoms with Crippen LogP contribution in [0.3, 0.4) is 0 Å². The Bertz CT molecular complexity index is 1990. The van der Waals surface area contributed by atoms with Gasteiger partial charge in [-0.25, -0.2) is 4.39 Å². The molecular weight excluding hydrogens is 687 g/mol. The predicted octanol–water partition coefficient (Wildman–Crippen LogP) is 9.48. The summed E-state index contributed by atoms with van der Waals surface area (Å²) < 4.78 is 44.0. The monoisotopic (exact) mass is 732 g/mol. The first-order valence-corrected chi connectivity index (χ1v) is 18.9. The van der Waals surface area contributed by atoms with Crippen LogP contribution in [0.5, 0.6) is 0 Å². The summed E-state index contributed by atoms with van der Waals surface area (Å²) in [6.07, 6.45) is 5.99. The van der Waals surface area contributed by atoms with Gasteiger partial charge in [-0.05, 0) is 114 Å². The number of benzene rings is 4. The van der Waals surface area contributed by atoms with Crippen molar-refractivity contribution in [3.8, 4) is 11.1 Å². The second-order valence-corrected chi connectivity index (χ2v) is 16.1. The molecule has 0 bridgehead atoms. The van der Waals surface area contributed by atoms with E-state index in [1.165, 1.54) is 23.6 Å². The molecule has 51 heavy (non-hydrogen) atoms. The average molecular weight is 733 g/mol. The van der Waals surface area contributed by atoms with Crippen LogP contribution < -0.4 is 10.6 Å². The van der Waals surface area contributed by atoms with Crippen LogP contribution in [0.2, 0.25) is 5.02 Å². The number of halogens is 2. The van der Waals surface area contributed by atoms with Crippen LogP contribution in [-0.2, 0) is 21.3 Å². The molecule has 1 atom stereocenters. The summed E-state index contributed by atoms with van der Waals surface area (Å²) in [6.45, 7) is 10.7. The number of carbonyl (C=O) groups is 2. The third kappa shape index (κ3) is 12.2. The normalized spacial score (nSPS) is 14.5. The van der Waals surface area contributed by atoms with Crippen LogP contribution in [0.1, 0.15) is 72.6 Å². The predicted molar refractivity (Wildman–Crippen MR) is 205 cm³/mol. The lowest BCUT2D eigenvalue weighted by Crippen LogP contribution is -2.28. The molecule has 1 aliphatic carbocycles. The number of anilines is 1. The molecule has 0 saturated carbocycles. The fourth-order valence-electron chi connectivity index (χ4n) is 5.93. The van der Waals surface area contributed by atoms with Crippen molar-refractivity contribution in [2.75, 3.05) is 17.6 Å². The minimum Gasteiger partial charge on any atom is -0.351 e. The van der Waals surface area contributed by atoms with Gasteiger partial charge in [-0.1, -0.05) is 92.5 Å². The molecule has 1 unspecified atom stereocenters. The highest BCUT2D eigenvalue weighted by Crippen LogP contribution is 2.39. The third-order valence-corrected chi connectivity index (χ3v) is 9.98. The van der Waals surface area contributed by atoms with Gasteiger partial charge in [0.2, 0.25) is 5.91 Å². The minimum absolute atomic E-state index is 0.106. The summed E-state index contributed by atoms with van der Waals surface area (Å²) in [6, 6.07) is 25.4. The van der Waals surface area contributed by atoms with Gasteiger partial charge in [0.1, 0.15) is 5.82 Å². The SMILES string of the molecule is Cc1cc(Cl)ccc1-c1ccc(NC(=O)Cc2ccc(C3=CCC(C(C)(C)C)CC3)cc2)c(F)c1.Cc1ccc(C(=O)NCCS(=O)(=O)O)cc1. The van der Waals surface area contributed by atoms with E-state index in [2.05, 4.69) is 49.6 Å². The molecule has 270 valence electrons. The highest BCUT2D eigenvalue weighted by Gasteiger charge is 2.26. The number of allylic oxidation sites excluding steroid dienone is 2. The van der Waals surface area contributed by atoms with E-state index < -0.39 is 21.7 Å². The van der Waals surface area contributed by atoms with Crippen LogP contribution >= 0.6 is 11.6 Å². The number of aryl methyl sites for hydroxylation is 2. The lowest BCUT2D eigenvalue weighted by atomic mass is 9.72. The van der Waals surface area contributed by atoms with Crippen molar-refractivity contribution >= 4 is 44.8 Å². The van der Waals surface area contributed by atoms with Crippen molar-refractivity contribution in [2.45, 2.75) is 60.3 Å². The molecule has 0 saturated heterocycles. The Kier molecular flexibility index (Phi) is 13.4. The smallest absolute Gasteiger partial charge is 0.266 e. The highest BCUT2D eigenvalue weighted by atomic mass is 35.5. The molecule has 0 radical (unpaired) electrons. The number of carbonyl (C=O) groups excluding carboxylic acids is 2. The molecule has 3 N–H and O–H groups in total. The van der Waals surface area contributed by atoms with Gasteiger partial charge in [-0.3, -0.25) is 14.1 Å². The van der Waals surface area contributed by atoms with Gasteiger partial charge in [-0.15, -0.1) is 0 Å². The van der Waals surface area contributed by atoms with Crippen molar-refractivity contribution in [1.29, 1.82) is 0 Å². The zero-order chi connectivity index (χ0) is 37.3. The van der Waals surface area contributed by atoms with Crippen LogP contribution in [0.15, 0.2) is 91.0 Å². The Morgan fingerprint density at radius 2 is 1.59 bits per heavy atom. The van der Waals surface area contributed by atoms with Crippen molar-refractivity contribution in [3.05, 3.63) is 130 Å². The number of rotatable bonds is 9. The van der Waals surface area contributed by atoms with Gasteiger partial charge in [-0.2, -0.15) is 8.42 Å². The van der Waals surface area contributed by atoms with Gasteiger partial charge in [0.15, 0.2) is 0 Å². The summed E-state index contributed by atoms with van der Waals surface area (Å²) in [4.78, 5) is 24.0. The summed E-state index contributed by atoms with van der Waals surface area (Å²) >= 11 is 6.03. The maximum atomic E-state index is 14.8. The molecule has 4 aromatic carbocycles. The van der Waals surface area contributed by atoms with Crippen LogP contribution in [0, 0.1) is 31.0 Å². The maximum Gasteiger partial charge on any atom is 0.266 e. The molecule has 1 aliphatic rings. The first-order valence-electron chi connectivity index (χ1n) is 16.9. The van der Waals surface area contributed by atoms with Crippen LogP contribution in [0.4, 0.5) is 10.1 Å². The molecule has 0 fully saturated rings. The van der Waals surface area contributed by atoms with Gasteiger partial charge in [0, 0.05) is 17.1 Å². The Balaban J connectivity index is 0.000000306. The molecule has 10 heteroatoms. The first-order chi connectivity index (χ1) is 24.0. The minimum atomic E-state index is -4.02. The van der Waals surface area contributed by atoms with Gasteiger partial charge >= 0.3 is 0 Å². The van der Waals surface area contributed by atoms with Crippen LogP contribution in [-0.4, -0.2) is 37.1 Å². The topological polar surface area (TPSA) is 113 Å². The van der Waals surface area contributed by atoms with E-state index in [1.54, 1.807) is 36.4 Å². The number of nitrogens with one attached hydrogen (secondary N) is 2.